The molecule has 0 heterocycles. The Morgan fingerprint density at radius 2 is 1.03 bits per heavy atom. The van der Waals surface area contributed by atoms with E-state index in [0.29, 0.717) is 18.6 Å². The summed E-state index contributed by atoms with van der Waals surface area (Å²) in [7, 11) is 0. The number of esters is 1. The van der Waals surface area contributed by atoms with Crippen molar-refractivity contribution in [3.8, 4) is 0 Å². The van der Waals surface area contributed by atoms with E-state index in [1.807, 2.05) is 0 Å². The first-order valence-corrected chi connectivity index (χ1v) is 15.0. The summed E-state index contributed by atoms with van der Waals surface area (Å²) in [5.41, 5.74) is 0.474. The van der Waals surface area contributed by atoms with Gasteiger partial charge in [0, 0.05) is 5.57 Å². The molecule has 0 radical (unpaired) electrons. The van der Waals surface area contributed by atoms with Gasteiger partial charge in [0.1, 0.15) is 0 Å². The van der Waals surface area contributed by atoms with Crippen LogP contribution in [0.2, 0.25) is 0 Å². The van der Waals surface area contributed by atoms with Gasteiger partial charge in [-0.2, -0.15) is 0 Å². The van der Waals surface area contributed by atoms with Gasteiger partial charge in [-0.05, 0) is 32.1 Å². The standard InChI is InChI=1S/C31H59FO2/c1-4-5-6-7-8-9-10-11-12-13-14-15-16-17-20-24-30(25-21-18-19-22-27-32)26-23-28-34-31(33)29(2)3/h30H,2,4-28H2,1,3H3. The Labute approximate surface area is 212 Å². The molecule has 0 amide bonds. The predicted molar refractivity (Wildman–Crippen MR) is 147 cm³/mol. The zero-order chi connectivity index (χ0) is 25.1. The van der Waals surface area contributed by atoms with Gasteiger partial charge in [-0.3, -0.25) is 4.39 Å². The molecule has 2 nitrogen and oxygen atoms in total. The van der Waals surface area contributed by atoms with Crippen LogP contribution in [0.15, 0.2) is 12.2 Å². The largest absolute Gasteiger partial charge is 0.462 e. The van der Waals surface area contributed by atoms with Gasteiger partial charge < -0.3 is 4.74 Å². The third-order valence-electron chi connectivity index (χ3n) is 7.05. The molecule has 202 valence electrons. The van der Waals surface area contributed by atoms with Crippen LogP contribution in [0, 0.1) is 5.92 Å². The van der Waals surface area contributed by atoms with Crippen molar-refractivity contribution in [2.24, 2.45) is 5.92 Å². The van der Waals surface area contributed by atoms with Gasteiger partial charge in [0.05, 0.1) is 13.3 Å². The lowest BCUT2D eigenvalue weighted by molar-refractivity contribution is -0.139. The minimum Gasteiger partial charge on any atom is -0.462 e. The van der Waals surface area contributed by atoms with Gasteiger partial charge in [0.15, 0.2) is 0 Å². The highest BCUT2D eigenvalue weighted by molar-refractivity contribution is 5.86. The van der Waals surface area contributed by atoms with E-state index in [1.165, 1.54) is 116 Å². The Bertz CT molecular complexity index is 449. The first kappa shape index (κ1) is 33.1. The van der Waals surface area contributed by atoms with E-state index in [1.54, 1.807) is 6.92 Å². The molecule has 0 aliphatic carbocycles. The van der Waals surface area contributed by atoms with Crippen LogP contribution >= 0.6 is 0 Å². The average Bonchev–Trinajstić information content (AvgIpc) is 2.83. The fraction of sp³-hybridized carbons (Fsp3) is 0.903. The Hall–Kier alpha value is -0.860. The van der Waals surface area contributed by atoms with Crippen LogP contribution in [0.1, 0.15) is 162 Å². The van der Waals surface area contributed by atoms with Crippen molar-refractivity contribution in [2.45, 2.75) is 162 Å². The van der Waals surface area contributed by atoms with Crippen LogP contribution in [0.3, 0.4) is 0 Å². The normalized spacial score (nSPS) is 12.1. The van der Waals surface area contributed by atoms with Gasteiger partial charge in [0.2, 0.25) is 0 Å². The zero-order valence-corrected chi connectivity index (χ0v) is 23.2. The van der Waals surface area contributed by atoms with Crippen LogP contribution in [0.4, 0.5) is 4.39 Å². The van der Waals surface area contributed by atoms with Crippen LogP contribution in [-0.2, 0) is 9.53 Å². The minimum absolute atomic E-state index is 0.184. The molecule has 34 heavy (non-hydrogen) atoms. The Balaban J connectivity index is 3.73. The molecule has 3 heteroatoms. The monoisotopic (exact) mass is 482 g/mol. The topological polar surface area (TPSA) is 26.3 Å². The first-order chi connectivity index (χ1) is 16.6. The van der Waals surface area contributed by atoms with Gasteiger partial charge in [0.25, 0.3) is 0 Å². The molecule has 1 atom stereocenters. The van der Waals surface area contributed by atoms with E-state index >= 15 is 0 Å². The van der Waals surface area contributed by atoms with Gasteiger partial charge in [-0.1, -0.05) is 142 Å². The number of carbonyl (C=O) groups is 1. The molecule has 0 spiro atoms. The van der Waals surface area contributed by atoms with Crippen LogP contribution < -0.4 is 0 Å². The number of rotatable bonds is 27. The summed E-state index contributed by atoms with van der Waals surface area (Å²) in [4.78, 5) is 11.5. The zero-order valence-electron chi connectivity index (χ0n) is 23.2. The minimum atomic E-state index is -0.273. The maximum atomic E-state index is 12.3. The second-order valence-electron chi connectivity index (χ2n) is 10.6. The quantitative estimate of drug-likeness (QED) is 0.0661. The second kappa shape index (κ2) is 26.7. The van der Waals surface area contributed by atoms with Gasteiger partial charge in [-0.25, -0.2) is 4.79 Å². The van der Waals surface area contributed by atoms with Gasteiger partial charge in [-0.15, -0.1) is 0 Å². The van der Waals surface area contributed by atoms with Crippen LogP contribution in [-0.4, -0.2) is 19.3 Å². The van der Waals surface area contributed by atoms with Crippen LogP contribution in [0.25, 0.3) is 0 Å². The molecule has 0 fully saturated rings. The fourth-order valence-corrected chi connectivity index (χ4v) is 4.78. The average molecular weight is 483 g/mol. The molecule has 0 aliphatic rings. The molecule has 0 saturated heterocycles. The molecule has 0 aromatic heterocycles. The smallest absolute Gasteiger partial charge is 0.333 e. The second-order valence-corrected chi connectivity index (χ2v) is 10.6. The third-order valence-corrected chi connectivity index (χ3v) is 7.05. The number of carbonyl (C=O) groups excluding carboxylic acids is 1. The van der Waals surface area contributed by atoms with Crippen molar-refractivity contribution in [2.75, 3.05) is 13.3 Å². The van der Waals surface area contributed by atoms with E-state index < -0.39 is 0 Å². The highest BCUT2D eigenvalue weighted by atomic mass is 19.1. The number of alkyl halides is 1. The molecular weight excluding hydrogens is 423 g/mol. The maximum Gasteiger partial charge on any atom is 0.333 e. The molecule has 1 unspecified atom stereocenters. The summed E-state index contributed by atoms with van der Waals surface area (Å²) in [6.45, 7) is 7.93. The summed E-state index contributed by atoms with van der Waals surface area (Å²) in [6.07, 6.45) is 29.7. The van der Waals surface area contributed by atoms with Gasteiger partial charge >= 0.3 is 5.97 Å². The molecule has 0 aliphatic heterocycles. The van der Waals surface area contributed by atoms with Crippen molar-refractivity contribution in [1.82, 2.24) is 0 Å². The fourth-order valence-electron chi connectivity index (χ4n) is 4.78. The Kier molecular flexibility index (Phi) is 26.1. The third kappa shape index (κ3) is 24.3. The molecule has 0 aromatic carbocycles. The SMILES string of the molecule is C=C(C)C(=O)OCCCC(CCCCCCF)CCCCCCCCCCCCCCCCC. The van der Waals surface area contributed by atoms with Crippen molar-refractivity contribution >= 4 is 5.97 Å². The first-order valence-electron chi connectivity index (χ1n) is 15.0. The lowest BCUT2D eigenvalue weighted by Crippen LogP contribution is -2.08. The number of halogens is 1. The number of hydrogen-bond donors (Lipinski definition) is 0. The van der Waals surface area contributed by atoms with E-state index in [-0.39, 0.29) is 12.6 Å². The molecule has 0 rings (SSSR count). The number of ether oxygens (including phenoxy) is 1. The summed E-state index contributed by atoms with van der Waals surface area (Å²) < 4.78 is 17.6. The van der Waals surface area contributed by atoms with E-state index in [0.717, 1.165) is 31.6 Å². The lowest BCUT2D eigenvalue weighted by atomic mass is 9.90. The highest BCUT2D eigenvalue weighted by Crippen LogP contribution is 2.23. The van der Waals surface area contributed by atoms with Crippen molar-refractivity contribution in [3.63, 3.8) is 0 Å². The molecule has 0 N–H and O–H groups in total. The van der Waals surface area contributed by atoms with Crippen molar-refractivity contribution in [1.29, 1.82) is 0 Å². The Morgan fingerprint density at radius 1 is 0.647 bits per heavy atom. The molecule has 0 bridgehead atoms. The van der Waals surface area contributed by atoms with E-state index in [2.05, 4.69) is 13.5 Å². The van der Waals surface area contributed by atoms with E-state index in [9.17, 15) is 9.18 Å². The molecule has 0 saturated carbocycles. The summed E-state index contributed by atoms with van der Waals surface area (Å²) in [6, 6.07) is 0. The number of hydrogen-bond acceptors (Lipinski definition) is 2. The Morgan fingerprint density at radius 3 is 1.44 bits per heavy atom. The molecule has 0 aromatic rings. The maximum absolute atomic E-state index is 12.3. The predicted octanol–water partition coefficient (Wildman–Crippen LogP) is 10.7. The van der Waals surface area contributed by atoms with Crippen LogP contribution in [0.5, 0.6) is 0 Å². The highest BCUT2D eigenvalue weighted by Gasteiger charge is 2.10. The number of unbranched alkanes of at least 4 members (excludes halogenated alkanes) is 17. The summed E-state index contributed by atoms with van der Waals surface area (Å²) in [5, 5.41) is 0. The van der Waals surface area contributed by atoms with Crippen molar-refractivity contribution in [3.05, 3.63) is 12.2 Å². The van der Waals surface area contributed by atoms with Crippen molar-refractivity contribution < 1.29 is 13.9 Å². The molecular formula is C31H59FO2. The lowest BCUT2D eigenvalue weighted by Gasteiger charge is -2.17. The summed E-state index contributed by atoms with van der Waals surface area (Å²) >= 11 is 0. The van der Waals surface area contributed by atoms with E-state index in [4.69, 9.17) is 4.74 Å². The summed E-state index contributed by atoms with van der Waals surface area (Å²) in [5.74, 6) is 0.445.